The third kappa shape index (κ3) is 4.39. The molecule has 0 saturated carbocycles. The first-order valence-electron chi connectivity index (χ1n) is 9.89. The van der Waals surface area contributed by atoms with Gasteiger partial charge in [-0.1, -0.05) is 29.4 Å². The molecule has 6 heteroatoms. The first-order chi connectivity index (χ1) is 15.6. The number of nitrogens with zero attached hydrogens (tertiary/aromatic N) is 1. The van der Waals surface area contributed by atoms with Gasteiger partial charge in [-0.05, 0) is 65.7 Å². The van der Waals surface area contributed by atoms with Crippen molar-refractivity contribution in [3.63, 3.8) is 0 Å². The van der Waals surface area contributed by atoms with Crippen molar-refractivity contribution in [1.29, 1.82) is 0 Å². The van der Waals surface area contributed by atoms with E-state index in [9.17, 15) is 4.79 Å². The summed E-state index contributed by atoms with van der Waals surface area (Å²) in [5.74, 6) is 1.15. The molecule has 0 aliphatic carbocycles. The fraction of sp³-hybridized carbons (Fsp3) is 0.0769. The summed E-state index contributed by atoms with van der Waals surface area (Å²) in [6, 6.07) is 22.8. The lowest BCUT2D eigenvalue weighted by Crippen LogP contribution is -1.88. The Balaban J connectivity index is 1.82. The zero-order valence-corrected chi connectivity index (χ0v) is 17.6. The summed E-state index contributed by atoms with van der Waals surface area (Å²) in [7, 11) is 3.25. The molecule has 0 fully saturated rings. The van der Waals surface area contributed by atoms with E-state index in [2.05, 4.69) is 5.16 Å². The highest BCUT2D eigenvalue weighted by atomic mass is 16.5. The molecular weight excluding hydrogens is 406 g/mol. The quantitative estimate of drug-likeness (QED) is 0.376. The number of hydrogen-bond acceptors (Lipinski definition) is 5. The van der Waals surface area contributed by atoms with Gasteiger partial charge in [-0.15, -0.1) is 0 Å². The van der Waals surface area contributed by atoms with Crippen molar-refractivity contribution >= 4 is 12.0 Å². The number of benzene rings is 3. The molecule has 0 aliphatic rings. The van der Waals surface area contributed by atoms with E-state index in [0.29, 0.717) is 11.5 Å². The monoisotopic (exact) mass is 427 g/mol. The van der Waals surface area contributed by atoms with Crippen molar-refractivity contribution in [3.8, 4) is 45.2 Å². The molecule has 0 amide bonds. The van der Waals surface area contributed by atoms with Gasteiger partial charge in [-0.2, -0.15) is 0 Å². The van der Waals surface area contributed by atoms with Crippen LogP contribution in [0.1, 0.15) is 5.56 Å². The maximum absolute atomic E-state index is 10.8. The second kappa shape index (κ2) is 9.22. The third-order valence-electron chi connectivity index (χ3n) is 5.03. The average molecular weight is 427 g/mol. The maximum Gasteiger partial charge on any atom is 0.328 e. The largest absolute Gasteiger partial charge is 0.497 e. The van der Waals surface area contributed by atoms with E-state index in [1.807, 2.05) is 72.8 Å². The van der Waals surface area contributed by atoms with Crippen LogP contribution in [0.4, 0.5) is 0 Å². The normalized spacial score (nSPS) is 10.9. The van der Waals surface area contributed by atoms with Crippen LogP contribution in [-0.2, 0) is 4.79 Å². The van der Waals surface area contributed by atoms with Crippen molar-refractivity contribution in [2.24, 2.45) is 0 Å². The standard InChI is InChI=1S/C26H21NO5/c1-30-21-12-8-19(9-13-21)25-24(18-6-3-17(4-7-18)5-16-23(28)29)26(32-27-25)20-10-14-22(31-2)15-11-20/h3-16H,1-2H3,(H,28,29)/b16-5+. The van der Waals surface area contributed by atoms with Gasteiger partial charge >= 0.3 is 5.97 Å². The summed E-state index contributed by atoms with van der Waals surface area (Å²) in [6.07, 6.45) is 2.66. The van der Waals surface area contributed by atoms with E-state index >= 15 is 0 Å². The predicted octanol–water partition coefficient (Wildman–Crippen LogP) is 5.79. The lowest BCUT2D eigenvalue weighted by atomic mass is 9.95. The predicted molar refractivity (Wildman–Crippen MR) is 123 cm³/mol. The van der Waals surface area contributed by atoms with Gasteiger partial charge in [0.15, 0.2) is 5.76 Å². The Morgan fingerprint density at radius 2 is 1.34 bits per heavy atom. The van der Waals surface area contributed by atoms with Crippen LogP contribution in [0.2, 0.25) is 0 Å². The van der Waals surface area contributed by atoms with Gasteiger partial charge in [0, 0.05) is 17.2 Å². The Morgan fingerprint density at radius 1 is 0.812 bits per heavy atom. The zero-order chi connectivity index (χ0) is 22.5. The maximum atomic E-state index is 10.8. The van der Waals surface area contributed by atoms with Gasteiger partial charge in [0.1, 0.15) is 17.2 Å². The third-order valence-corrected chi connectivity index (χ3v) is 5.03. The van der Waals surface area contributed by atoms with Crippen LogP contribution in [0, 0.1) is 0 Å². The highest BCUT2D eigenvalue weighted by molar-refractivity contribution is 5.91. The minimum absolute atomic E-state index is 0.632. The molecule has 0 radical (unpaired) electrons. The van der Waals surface area contributed by atoms with Crippen molar-refractivity contribution < 1.29 is 23.9 Å². The van der Waals surface area contributed by atoms with E-state index in [0.717, 1.165) is 45.4 Å². The van der Waals surface area contributed by atoms with Crippen molar-refractivity contribution in [2.45, 2.75) is 0 Å². The number of aromatic nitrogens is 1. The van der Waals surface area contributed by atoms with Crippen LogP contribution < -0.4 is 9.47 Å². The average Bonchev–Trinajstić information content (AvgIpc) is 3.28. The molecule has 4 aromatic rings. The number of carboxylic acids is 1. The van der Waals surface area contributed by atoms with Gasteiger partial charge in [0.2, 0.25) is 0 Å². The Labute approximate surface area is 185 Å². The number of rotatable bonds is 7. The molecule has 1 heterocycles. The minimum atomic E-state index is -0.989. The van der Waals surface area contributed by atoms with Crippen molar-refractivity contribution in [1.82, 2.24) is 5.16 Å². The molecular formula is C26H21NO5. The van der Waals surface area contributed by atoms with Crippen LogP contribution in [0.5, 0.6) is 11.5 Å². The van der Waals surface area contributed by atoms with E-state index in [1.54, 1.807) is 20.3 Å². The van der Waals surface area contributed by atoms with E-state index in [1.165, 1.54) is 0 Å². The number of carboxylic acid groups (broad SMARTS) is 1. The minimum Gasteiger partial charge on any atom is -0.497 e. The second-order valence-corrected chi connectivity index (χ2v) is 6.99. The van der Waals surface area contributed by atoms with Crippen LogP contribution in [-0.4, -0.2) is 30.5 Å². The van der Waals surface area contributed by atoms with Gasteiger partial charge in [0.05, 0.1) is 19.8 Å². The molecule has 0 aliphatic heterocycles. The fourth-order valence-corrected chi connectivity index (χ4v) is 3.37. The summed E-state index contributed by atoms with van der Waals surface area (Å²) in [4.78, 5) is 10.8. The van der Waals surface area contributed by atoms with Crippen molar-refractivity contribution in [3.05, 3.63) is 84.4 Å². The first-order valence-corrected chi connectivity index (χ1v) is 9.89. The SMILES string of the molecule is COc1ccc(-c2noc(-c3ccc(OC)cc3)c2-c2ccc(/C=C/C(=O)O)cc2)cc1. The van der Waals surface area contributed by atoms with E-state index in [4.69, 9.17) is 19.1 Å². The Kier molecular flexibility index (Phi) is 6.03. The number of hydrogen-bond donors (Lipinski definition) is 1. The second-order valence-electron chi connectivity index (χ2n) is 6.99. The van der Waals surface area contributed by atoms with Gasteiger partial charge in [-0.25, -0.2) is 4.79 Å². The number of ether oxygens (including phenoxy) is 2. The van der Waals surface area contributed by atoms with Crippen molar-refractivity contribution in [2.75, 3.05) is 14.2 Å². The van der Waals surface area contributed by atoms with Crippen LogP contribution in [0.25, 0.3) is 39.8 Å². The Hall–Kier alpha value is -4.32. The number of carbonyl (C=O) groups is 1. The molecule has 160 valence electrons. The molecule has 0 unspecified atom stereocenters. The molecule has 6 nitrogen and oxygen atoms in total. The molecule has 32 heavy (non-hydrogen) atoms. The highest BCUT2D eigenvalue weighted by Gasteiger charge is 2.21. The molecule has 0 atom stereocenters. The molecule has 0 spiro atoms. The van der Waals surface area contributed by atoms with Crippen LogP contribution in [0.3, 0.4) is 0 Å². The lowest BCUT2D eigenvalue weighted by Gasteiger charge is -2.07. The fourth-order valence-electron chi connectivity index (χ4n) is 3.37. The molecule has 3 aromatic carbocycles. The van der Waals surface area contributed by atoms with E-state index < -0.39 is 5.97 Å². The summed E-state index contributed by atoms with van der Waals surface area (Å²) in [5.41, 5.74) is 4.98. The Morgan fingerprint density at radius 3 is 1.88 bits per heavy atom. The number of aliphatic carboxylic acids is 1. The van der Waals surface area contributed by atoms with E-state index in [-0.39, 0.29) is 0 Å². The first kappa shape index (κ1) is 20.9. The summed E-state index contributed by atoms with van der Waals surface area (Å²) in [5, 5.41) is 13.2. The molecule has 0 saturated heterocycles. The summed E-state index contributed by atoms with van der Waals surface area (Å²) >= 11 is 0. The molecule has 0 bridgehead atoms. The molecule has 1 aromatic heterocycles. The highest BCUT2D eigenvalue weighted by Crippen LogP contribution is 2.40. The van der Waals surface area contributed by atoms with Crippen LogP contribution >= 0.6 is 0 Å². The summed E-state index contributed by atoms with van der Waals surface area (Å²) < 4.78 is 16.3. The molecule has 4 rings (SSSR count). The van der Waals surface area contributed by atoms with Gasteiger partial charge in [-0.3, -0.25) is 0 Å². The lowest BCUT2D eigenvalue weighted by molar-refractivity contribution is -0.131. The Bertz CT molecular complexity index is 1170. The molecule has 1 N–H and O–H groups in total. The zero-order valence-electron chi connectivity index (χ0n) is 17.6. The topological polar surface area (TPSA) is 81.8 Å². The van der Waals surface area contributed by atoms with Crippen LogP contribution in [0.15, 0.2) is 83.4 Å². The number of methoxy groups -OCH3 is 2. The van der Waals surface area contributed by atoms with Gasteiger partial charge in [0.25, 0.3) is 0 Å². The summed E-state index contributed by atoms with van der Waals surface area (Å²) in [6.45, 7) is 0. The van der Waals surface area contributed by atoms with Gasteiger partial charge < -0.3 is 19.1 Å². The smallest absolute Gasteiger partial charge is 0.328 e.